The zero-order chi connectivity index (χ0) is 18.4. The highest BCUT2D eigenvalue weighted by atomic mass is 35.5. The number of Topliss-reactive ketones (excluding diaryl/α,β-unsaturated/α-hetero) is 1. The van der Waals surface area contributed by atoms with Crippen molar-refractivity contribution in [1.29, 1.82) is 0 Å². The number of hydrogen-bond donors (Lipinski definition) is 0. The van der Waals surface area contributed by atoms with E-state index < -0.39 is 34.9 Å². The fraction of sp³-hybridized carbons (Fsp3) is 0.294. The third kappa shape index (κ3) is 2.80. The van der Waals surface area contributed by atoms with Crippen LogP contribution in [0.1, 0.15) is 32.3 Å². The van der Waals surface area contributed by atoms with Crippen LogP contribution >= 0.6 is 11.6 Å². The lowest BCUT2D eigenvalue weighted by atomic mass is 9.92. The van der Waals surface area contributed by atoms with Crippen molar-refractivity contribution in [3.05, 3.63) is 46.5 Å². The molecule has 0 N–H and O–H groups in total. The average Bonchev–Trinajstić information content (AvgIpc) is 3.00. The van der Waals surface area contributed by atoms with Crippen LogP contribution in [-0.2, 0) is 34.3 Å². The molecule has 25 heavy (non-hydrogen) atoms. The quantitative estimate of drug-likeness (QED) is 0.603. The van der Waals surface area contributed by atoms with Crippen LogP contribution < -0.4 is 0 Å². The van der Waals surface area contributed by atoms with Gasteiger partial charge >= 0.3 is 5.97 Å². The Morgan fingerprint density at radius 3 is 2.24 bits per heavy atom. The van der Waals surface area contributed by atoms with E-state index in [9.17, 15) is 19.2 Å². The van der Waals surface area contributed by atoms with Crippen molar-refractivity contribution < 1.29 is 28.7 Å². The Balaban J connectivity index is 2.07. The van der Waals surface area contributed by atoms with E-state index in [1.165, 1.54) is 6.92 Å². The largest absolute Gasteiger partial charge is 0.456 e. The first-order valence-electron chi connectivity index (χ1n) is 7.52. The predicted octanol–water partition coefficient (Wildman–Crippen LogP) is 2.04. The van der Waals surface area contributed by atoms with E-state index in [0.717, 1.165) is 11.8 Å². The summed E-state index contributed by atoms with van der Waals surface area (Å²) in [4.78, 5) is 49.1. The van der Waals surface area contributed by atoms with Gasteiger partial charge in [-0.25, -0.2) is 4.90 Å². The minimum absolute atomic E-state index is 0.00486. The molecule has 1 fully saturated rings. The van der Waals surface area contributed by atoms with Gasteiger partial charge in [0.1, 0.15) is 0 Å². The third-order valence-corrected chi connectivity index (χ3v) is 4.28. The molecule has 3 rings (SSSR count). The van der Waals surface area contributed by atoms with Crippen LogP contribution in [0.3, 0.4) is 0 Å². The molecule has 2 aliphatic heterocycles. The van der Waals surface area contributed by atoms with Gasteiger partial charge in [-0.1, -0.05) is 23.7 Å². The van der Waals surface area contributed by atoms with Crippen LogP contribution in [0.4, 0.5) is 0 Å². The van der Waals surface area contributed by atoms with E-state index in [1.54, 1.807) is 24.3 Å². The maximum atomic E-state index is 12.9. The number of hydrogen-bond acceptors (Lipinski definition) is 6. The Bertz CT molecular complexity index is 812. The lowest BCUT2D eigenvalue weighted by Crippen LogP contribution is -2.33. The van der Waals surface area contributed by atoms with Gasteiger partial charge in [0, 0.05) is 30.4 Å². The van der Waals surface area contributed by atoms with Crippen LogP contribution in [0.2, 0.25) is 5.02 Å². The predicted molar refractivity (Wildman–Crippen MR) is 84.8 cm³/mol. The van der Waals surface area contributed by atoms with Gasteiger partial charge in [0.25, 0.3) is 11.7 Å². The lowest BCUT2D eigenvalue weighted by Gasteiger charge is -2.25. The molecule has 0 saturated carbocycles. The van der Waals surface area contributed by atoms with Crippen LogP contribution in [0, 0.1) is 0 Å². The minimum atomic E-state index is -1.55. The van der Waals surface area contributed by atoms with Gasteiger partial charge in [-0.2, -0.15) is 0 Å². The SMILES string of the molecule is CC(=O)OC1=C(N2C(=O)CCC2=O)OC(C)(c2ccc(Cl)cc2)C1=O. The van der Waals surface area contributed by atoms with Crippen molar-refractivity contribution in [2.45, 2.75) is 32.3 Å². The maximum absolute atomic E-state index is 12.9. The second-order valence-electron chi connectivity index (χ2n) is 5.82. The third-order valence-electron chi connectivity index (χ3n) is 4.03. The standard InChI is InChI=1S/C17H14ClNO6/c1-9(20)24-14-15(23)17(2,10-3-5-11(18)6-4-10)25-16(14)19-12(21)7-8-13(19)22/h3-6H,7-8H2,1-2H3. The van der Waals surface area contributed by atoms with E-state index in [2.05, 4.69) is 0 Å². The van der Waals surface area contributed by atoms with Crippen molar-refractivity contribution >= 4 is 35.2 Å². The molecule has 2 amide bonds. The highest BCUT2D eigenvalue weighted by Gasteiger charge is 2.53. The summed E-state index contributed by atoms with van der Waals surface area (Å²) in [5.74, 6) is -3.24. The number of benzene rings is 1. The molecular formula is C17H14ClNO6. The second kappa shape index (κ2) is 6.00. The molecule has 1 atom stereocenters. The Morgan fingerprint density at radius 2 is 1.72 bits per heavy atom. The fourth-order valence-corrected chi connectivity index (χ4v) is 2.87. The number of ketones is 1. The second-order valence-corrected chi connectivity index (χ2v) is 6.26. The van der Waals surface area contributed by atoms with Crippen molar-refractivity contribution in [2.75, 3.05) is 0 Å². The topological polar surface area (TPSA) is 90.0 Å². The molecule has 0 bridgehead atoms. The zero-order valence-electron chi connectivity index (χ0n) is 13.5. The molecule has 2 heterocycles. The molecule has 0 aliphatic carbocycles. The van der Waals surface area contributed by atoms with Crippen molar-refractivity contribution in [3.63, 3.8) is 0 Å². The fourth-order valence-electron chi connectivity index (χ4n) is 2.74. The summed E-state index contributed by atoms with van der Waals surface area (Å²) in [6.07, 6.45) is 0.00971. The van der Waals surface area contributed by atoms with E-state index in [1.807, 2.05) is 0 Å². The number of halogens is 1. The van der Waals surface area contributed by atoms with Crippen LogP contribution in [0.5, 0.6) is 0 Å². The molecule has 0 aromatic heterocycles. The summed E-state index contributed by atoms with van der Waals surface area (Å²) in [7, 11) is 0. The van der Waals surface area contributed by atoms with Crippen LogP contribution in [-0.4, -0.2) is 28.5 Å². The van der Waals surface area contributed by atoms with Crippen LogP contribution in [0.15, 0.2) is 35.9 Å². The molecule has 1 aromatic carbocycles. The number of likely N-dealkylation sites (tertiary alicyclic amines) is 1. The number of carbonyl (C=O) groups is 4. The van der Waals surface area contributed by atoms with Gasteiger partial charge in [0.15, 0.2) is 5.60 Å². The molecule has 1 aromatic rings. The molecule has 0 radical (unpaired) electrons. The summed E-state index contributed by atoms with van der Waals surface area (Å²) in [5, 5.41) is 0.469. The minimum Gasteiger partial charge on any atom is -0.456 e. The van der Waals surface area contributed by atoms with Gasteiger partial charge in [-0.3, -0.25) is 19.2 Å². The summed E-state index contributed by atoms with van der Waals surface area (Å²) < 4.78 is 10.7. The first kappa shape index (κ1) is 17.2. The zero-order valence-corrected chi connectivity index (χ0v) is 14.3. The van der Waals surface area contributed by atoms with Gasteiger partial charge < -0.3 is 9.47 Å². The number of carbonyl (C=O) groups excluding carboxylic acids is 4. The average molecular weight is 364 g/mol. The van der Waals surface area contributed by atoms with E-state index in [0.29, 0.717) is 10.6 Å². The molecule has 1 saturated heterocycles. The number of imide groups is 1. The van der Waals surface area contributed by atoms with Crippen LogP contribution in [0.25, 0.3) is 0 Å². The number of esters is 1. The van der Waals surface area contributed by atoms with Crippen molar-refractivity contribution in [1.82, 2.24) is 4.90 Å². The normalized spacial score (nSPS) is 23.3. The summed E-state index contributed by atoms with van der Waals surface area (Å²) in [6, 6.07) is 6.33. The van der Waals surface area contributed by atoms with Gasteiger partial charge in [-0.15, -0.1) is 0 Å². The monoisotopic (exact) mass is 363 g/mol. The Morgan fingerprint density at radius 1 is 1.16 bits per heavy atom. The van der Waals surface area contributed by atoms with Gasteiger partial charge in [0.05, 0.1) is 0 Å². The Kier molecular flexibility index (Phi) is 4.12. The molecule has 1 unspecified atom stereocenters. The first-order valence-corrected chi connectivity index (χ1v) is 7.90. The summed E-state index contributed by atoms with van der Waals surface area (Å²) >= 11 is 5.87. The van der Waals surface area contributed by atoms with Crippen molar-refractivity contribution in [2.24, 2.45) is 0 Å². The first-order chi connectivity index (χ1) is 11.7. The number of nitrogens with zero attached hydrogens (tertiary/aromatic N) is 1. The molecule has 8 heteroatoms. The molecule has 0 spiro atoms. The number of ether oxygens (including phenoxy) is 2. The smallest absolute Gasteiger partial charge is 0.308 e. The van der Waals surface area contributed by atoms with E-state index in [-0.39, 0.29) is 18.7 Å². The Labute approximate surface area is 148 Å². The summed E-state index contributed by atoms with van der Waals surface area (Å²) in [5.41, 5.74) is -1.10. The highest BCUT2D eigenvalue weighted by Crippen LogP contribution is 2.41. The highest BCUT2D eigenvalue weighted by molar-refractivity contribution is 6.30. The van der Waals surface area contributed by atoms with E-state index >= 15 is 0 Å². The molecule has 2 aliphatic rings. The lowest BCUT2D eigenvalue weighted by molar-refractivity contribution is -0.144. The Hall–Kier alpha value is -2.67. The van der Waals surface area contributed by atoms with Crippen molar-refractivity contribution in [3.8, 4) is 0 Å². The number of amides is 2. The van der Waals surface area contributed by atoms with Gasteiger partial charge in [0.2, 0.25) is 17.6 Å². The summed E-state index contributed by atoms with van der Waals surface area (Å²) in [6.45, 7) is 2.59. The molecular weight excluding hydrogens is 350 g/mol. The molecule has 7 nitrogen and oxygen atoms in total. The molecule has 130 valence electrons. The van der Waals surface area contributed by atoms with Gasteiger partial charge in [-0.05, 0) is 19.1 Å². The maximum Gasteiger partial charge on any atom is 0.308 e. The van der Waals surface area contributed by atoms with E-state index in [4.69, 9.17) is 21.1 Å². The number of rotatable bonds is 3.